The molecule has 0 spiro atoms. The van der Waals surface area contributed by atoms with Gasteiger partial charge in [-0.05, 0) is 17.7 Å². The molecule has 0 amide bonds. The standard InChI is InChI=1S/C19H20FN3O/c1-24-17-9-8-16(18(20)12-17)13-21-19(14-23-11-5-10-22-23)15-6-3-2-4-7-15/h2-12,19,21H,13-14H2,1H3. The van der Waals surface area contributed by atoms with Gasteiger partial charge in [0, 0.05) is 30.6 Å². The molecule has 0 saturated carbocycles. The first kappa shape index (κ1) is 16.2. The fraction of sp³-hybridized carbons (Fsp3) is 0.211. The van der Waals surface area contributed by atoms with E-state index in [9.17, 15) is 4.39 Å². The highest BCUT2D eigenvalue weighted by Gasteiger charge is 2.13. The Labute approximate surface area is 140 Å². The molecule has 0 radical (unpaired) electrons. The van der Waals surface area contributed by atoms with Gasteiger partial charge in [0.15, 0.2) is 0 Å². The van der Waals surface area contributed by atoms with Crippen molar-refractivity contribution in [2.75, 3.05) is 7.11 Å². The highest BCUT2D eigenvalue weighted by Crippen LogP contribution is 2.19. The second kappa shape index (κ2) is 7.75. The molecule has 4 nitrogen and oxygen atoms in total. The van der Waals surface area contributed by atoms with Gasteiger partial charge < -0.3 is 10.1 Å². The molecule has 1 N–H and O–H groups in total. The van der Waals surface area contributed by atoms with Gasteiger partial charge in [-0.25, -0.2) is 4.39 Å². The lowest BCUT2D eigenvalue weighted by Crippen LogP contribution is -2.26. The first-order valence-corrected chi connectivity index (χ1v) is 7.84. The van der Waals surface area contributed by atoms with Gasteiger partial charge >= 0.3 is 0 Å². The van der Waals surface area contributed by atoms with Crippen molar-refractivity contribution in [3.8, 4) is 5.75 Å². The fourth-order valence-electron chi connectivity index (χ4n) is 2.60. The number of nitrogens with zero attached hydrogens (tertiary/aromatic N) is 2. The van der Waals surface area contributed by atoms with Crippen molar-refractivity contribution < 1.29 is 9.13 Å². The molecule has 1 atom stereocenters. The number of halogens is 1. The Morgan fingerprint density at radius 3 is 2.67 bits per heavy atom. The average molecular weight is 325 g/mol. The van der Waals surface area contributed by atoms with E-state index >= 15 is 0 Å². The number of methoxy groups -OCH3 is 1. The summed E-state index contributed by atoms with van der Waals surface area (Å²) in [7, 11) is 1.53. The fourth-order valence-corrected chi connectivity index (χ4v) is 2.60. The lowest BCUT2D eigenvalue weighted by Gasteiger charge is -2.20. The van der Waals surface area contributed by atoms with Crippen molar-refractivity contribution in [2.24, 2.45) is 0 Å². The van der Waals surface area contributed by atoms with Crippen molar-refractivity contribution in [1.82, 2.24) is 15.1 Å². The van der Waals surface area contributed by atoms with E-state index in [4.69, 9.17) is 4.74 Å². The number of benzene rings is 2. The van der Waals surface area contributed by atoms with E-state index in [-0.39, 0.29) is 11.9 Å². The molecule has 1 aromatic heterocycles. The summed E-state index contributed by atoms with van der Waals surface area (Å²) in [5.74, 6) is 0.250. The van der Waals surface area contributed by atoms with E-state index in [1.807, 2.05) is 35.1 Å². The summed E-state index contributed by atoms with van der Waals surface area (Å²) in [6, 6.07) is 17.0. The molecule has 0 bridgehead atoms. The van der Waals surface area contributed by atoms with Crippen molar-refractivity contribution in [3.63, 3.8) is 0 Å². The molecule has 1 unspecified atom stereocenters. The van der Waals surface area contributed by atoms with E-state index in [1.54, 1.807) is 18.3 Å². The Bertz CT molecular complexity index is 760. The van der Waals surface area contributed by atoms with E-state index in [0.29, 0.717) is 24.4 Å². The van der Waals surface area contributed by atoms with Crippen LogP contribution in [0.1, 0.15) is 17.2 Å². The summed E-state index contributed by atoms with van der Waals surface area (Å²) in [5, 5.41) is 7.69. The quantitative estimate of drug-likeness (QED) is 0.722. The molecule has 0 aliphatic heterocycles. The SMILES string of the molecule is COc1ccc(CNC(Cn2cccn2)c2ccccc2)c(F)c1. The Balaban J connectivity index is 1.74. The monoisotopic (exact) mass is 325 g/mol. The summed E-state index contributed by atoms with van der Waals surface area (Å²) in [5.41, 5.74) is 1.75. The number of rotatable bonds is 7. The number of hydrogen-bond acceptors (Lipinski definition) is 3. The van der Waals surface area contributed by atoms with Gasteiger partial charge in [-0.1, -0.05) is 36.4 Å². The van der Waals surface area contributed by atoms with E-state index in [0.717, 1.165) is 5.56 Å². The molecule has 0 aliphatic rings. The first-order valence-electron chi connectivity index (χ1n) is 7.84. The van der Waals surface area contributed by atoms with E-state index in [1.165, 1.54) is 13.2 Å². The van der Waals surface area contributed by atoms with Crippen molar-refractivity contribution in [1.29, 1.82) is 0 Å². The molecule has 24 heavy (non-hydrogen) atoms. The molecule has 1 heterocycles. The number of hydrogen-bond donors (Lipinski definition) is 1. The van der Waals surface area contributed by atoms with Crippen LogP contribution >= 0.6 is 0 Å². The summed E-state index contributed by atoms with van der Waals surface area (Å²) >= 11 is 0. The summed E-state index contributed by atoms with van der Waals surface area (Å²) in [4.78, 5) is 0. The molecule has 0 fully saturated rings. The average Bonchev–Trinajstić information content (AvgIpc) is 3.13. The third-order valence-corrected chi connectivity index (χ3v) is 3.93. The van der Waals surface area contributed by atoms with Crippen LogP contribution in [0.15, 0.2) is 67.0 Å². The van der Waals surface area contributed by atoms with Gasteiger partial charge in [-0.2, -0.15) is 5.10 Å². The predicted octanol–water partition coefficient (Wildman–Crippen LogP) is 3.56. The van der Waals surface area contributed by atoms with Crippen LogP contribution in [0.4, 0.5) is 4.39 Å². The molecule has 0 aliphatic carbocycles. The molecule has 2 aromatic carbocycles. The van der Waals surface area contributed by atoms with Crippen LogP contribution in [0.2, 0.25) is 0 Å². The van der Waals surface area contributed by atoms with E-state index < -0.39 is 0 Å². The van der Waals surface area contributed by atoms with Gasteiger partial charge in [-0.3, -0.25) is 4.68 Å². The van der Waals surface area contributed by atoms with Crippen LogP contribution in [0.5, 0.6) is 5.75 Å². The van der Waals surface area contributed by atoms with Gasteiger partial charge in [-0.15, -0.1) is 0 Å². The number of ether oxygens (including phenoxy) is 1. The second-order valence-electron chi connectivity index (χ2n) is 5.53. The maximum atomic E-state index is 14.1. The van der Waals surface area contributed by atoms with Gasteiger partial charge in [0.25, 0.3) is 0 Å². The number of nitrogens with one attached hydrogen (secondary N) is 1. The zero-order valence-electron chi connectivity index (χ0n) is 13.5. The molecule has 3 aromatic rings. The molecular formula is C19H20FN3O. The highest BCUT2D eigenvalue weighted by atomic mass is 19.1. The molecular weight excluding hydrogens is 305 g/mol. The first-order chi connectivity index (χ1) is 11.8. The topological polar surface area (TPSA) is 39.1 Å². The molecule has 3 rings (SSSR count). The second-order valence-corrected chi connectivity index (χ2v) is 5.53. The molecule has 5 heteroatoms. The van der Waals surface area contributed by atoms with Crippen LogP contribution < -0.4 is 10.1 Å². The minimum atomic E-state index is -0.271. The predicted molar refractivity (Wildman–Crippen MR) is 91.2 cm³/mol. The largest absolute Gasteiger partial charge is 0.497 e. The van der Waals surface area contributed by atoms with Crippen LogP contribution in [-0.2, 0) is 13.1 Å². The molecule has 124 valence electrons. The Kier molecular flexibility index (Phi) is 5.23. The van der Waals surface area contributed by atoms with Crippen molar-refractivity contribution >= 4 is 0 Å². The number of aromatic nitrogens is 2. The maximum absolute atomic E-state index is 14.1. The van der Waals surface area contributed by atoms with E-state index in [2.05, 4.69) is 22.5 Å². The zero-order chi connectivity index (χ0) is 16.8. The summed E-state index contributed by atoms with van der Waals surface area (Å²) in [6.45, 7) is 1.10. The van der Waals surface area contributed by atoms with Gasteiger partial charge in [0.2, 0.25) is 0 Å². The summed E-state index contributed by atoms with van der Waals surface area (Å²) < 4.78 is 21.0. The van der Waals surface area contributed by atoms with Gasteiger partial charge in [0.1, 0.15) is 11.6 Å². The molecule has 0 saturated heterocycles. The minimum absolute atomic E-state index is 0.0348. The third-order valence-electron chi connectivity index (χ3n) is 3.93. The van der Waals surface area contributed by atoms with Crippen LogP contribution in [-0.4, -0.2) is 16.9 Å². The minimum Gasteiger partial charge on any atom is -0.497 e. The Morgan fingerprint density at radius 1 is 1.17 bits per heavy atom. The Hall–Kier alpha value is -2.66. The van der Waals surface area contributed by atoms with Crippen LogP contribution in [0.3, 0.4) is 0 Å². The smallest absolute Gasteiger partial charge is 0.131 e. The van der Waals surface area contributed by atoms with Crippen LogP contribution in [0, 0.1) is 5.82 Å². The lowest BCUT2D eigenvalue weighted by atomic mass is 10.1. The highest BCUT2D eigenvalue weighted by molar-refractivity contribution is 5.29. The Morgan fingerprint density at radius 2 is 2.00 bits per heavy atom. The lowest BCUT2D eigenvalue weighted by molar-refractivity contribution is 0.408. The zero-order valence-corrected chi connectivity index (χ0v) is 13.5. The maximum Gasteiger partial charge on any atom is 0.131 e. The van der Waals surface area contributed by atoms with Crippen LogP contribution in [0.25, 0.3) is 0 Å². The normalized spacial score (nSPS) is 12.1. The van der Waals surface area contributed by atoms with Crippen molar-refractivity contribution in [2.45, 2.75) is 19.1 Å². The van der Waals surface area contributed by atoms with Crippen molar-refractivity contribution in [3.05, 3.63) is 83.9 Å². The summed E-state index contributed by atoms with van der Waals surface area (Å²) in [6.07, 6.45) is 3.68. The van der Waals surface area contributed by atoms with Gasteiger partial charge in [0.05, 0.1) is 19.7 Å². The third kappa shape index (κ3) is 4.00.